The molecule has 0 saturated carbocycles. The quantitative estimate of drug-likeness (QED) is 0.429. The van der Waals surface area contributed by atoms with Crippen LogP contribution in [0.1, 0.15) is 66.8 Å². The molecule has 0 radical (unpaired) electrons. The maximum atomic E-state index is 13.4. The lowest BCUT2D eigenvalue weighted by Gasteiger charge is -2.40. The summed E-state index contributed by atoms with van der Waals surface area (Å²) in [5.41, 5.74) is 3.99. The third-order valence-corrected chi connectivity index (χ3v) is 7.38. The fourth-order valence-electron chi connectivity index (χ4n) is 5.46. The molecule has 1 N–H and O–H groups in total. The Labute approximate surface area is 210 Å². The van der Waals surface area contributed by atoms with E-state index in [0.717, 1.165) is 35.7 Å². The second-order valence-electron chi connectivity index (χ2n) is 9.73. The Kier molecular flexibility index (Phi) is 6.16. The average Bonchev–Trinajstić information content (AvgIpc) is 3.25. The highest BCUT2D eigenvalue weighted by Gasteiger charge is 2.41. The number of amides is 1. The van der Waals surface area contributed by atoms with Crippen LogP contribution in [0.4, 0.5) is 0 Å². The maximum absolute atomic E-state index is 13.4. The lowest BCUT2D eigenvalue weighted by atomic mass is 9.83. The standard InChI is InChI=1S/C29H32N4O3/c1-5-19-12-13-21-22(16-31(6-2)23(21)14-19)26(20-10-8-7-9-11-20)24-17-32(18(3)4)29(36)27-28(35)25(34)15-30-33(24)27/h7-16,18,24,26,35H,5-6,17H2,1-4H3. The molecule has 0 fully saturated rings. The lowest BCUT2D eigenvalue weighted by molar-refractivity contribution is 0.0570. The number of aromatic nitrogens is 3. The number of benzene rings is 2. The van der Waals surface area contributed by atoms with Gasteiger partial charge in [-0.15, -0.1) is 0 Å². The molecule has 2 unspecified atom stereocenters. The summed E-state index contributed by atoms with van der Waals surface area (Å²) in [5.74, 6) is -1.09. The molecule has 1 amide bonds. The predicted molar refractivity (Wildman–Crippen MR) is 141 cm³/mol. The highest BCUT2D eigenvalue weighted by Crippen LogP contribution is 2.43. The van der Waals surface area contributed by atoms with Crippen LogP contribution in [0.5, 0.6) is 5.75 Å². The maximum Gasteiger partial charge on any atom is 0.276 e. The summed E-state index contributed by atoms with van der Waals surface area (Å²) in [6, 6.07) is 16.4. The van der Waals surface area contributed by atoms with Gasteiger partial charge in [0.25, 0.3) is 5.91 Å². The number of fused-ring (bicyclic) bond motifs is 2. The van der Waals surface area contributed by atoms with Crippen molar-refractivity contribution >= 4 is 16.8 Å². The minimum absolute atomic E-state index is 0.0409. The Hall–Kier alpha value is -3.87. The predicted octanol–water partition coefficient (Wildman–Crippen LogP) is 4.72. The van der Waals surface area contributed by atoms with Gasteiger partial charge < -0.3 is 14.6 Å². The summed E-state index contributed by atoms with van der Waals surface area (Å²) >= 11 is 0. The van der Waals surface area contributed by atoms with Gasteiger partial charge in [0.1, 0.15) is 0 Å². The van der Waals surface area contributed by atoms with Gasteiger partial charge in [-0.05, 0) is 49.9 Å². The molecule has 0 spiro atoms. The summed E-state index contributed by atoms with van der Waals surface area (Å²) in [6.45, 7) is 9.42. The Balaban J connectivity index is 1.80. The summed E-state index contributed by atoms with van der Waals surface area (Å²) in [6.07, 6.45) is 4.27. The number of carbonyl (C=O) groups excluding carboxylic acids is 1. The van der Waals surface area contributed by atoms with Gasteiger partial charge in [0.15, 0.2) is 11.4 Å². The molecule has 3 heterocycles. The minimum Gasteiger partial charge on any atom is -0.502 e. The Morgan fingerprint density at radius 2 is 1.83 bits per heavy atom. The van der Waals surface area contributed by atoms with Crippen LogP contribution < -0.4 is 5.43 Å². The second kappa shape index (κ2) is 9.30. The first-order chi connectivity index (χ1) is 17.3. The van der Waals surface area contributed by atoms with Crippen molar-refractivity contribution < 1.29 is 9.90 Å². The molecule has 7 nitrogen and oxygen atoms in total. The van der Waals surface area contributed by atoms with Crippen LogP contribution in [0.3, 0.4) is 0 Å². The molecular formula is C29H32N4O3. The summed E-state index contributed by atoms with van der Waals surface area (Å²) in [5, 5.41) is 16.3. The number of hydrogen-bond donors (Lipinski definition) is 1. The van der Waals surface area contributed by atoms with Crippen molar-refractivity contribution in [1.82, 2.24) is 19.2 Å². The summed E-state index contributed by atoms with van der Waals surface area (Å²) in [7, 11) is 0. The van der Waals surface area contributed by atoms with E-state index in [1.54, 1.807) is 9.58 Å². The van der Waals surface area contributed by atoms with Crippen LogP contribution in [0, 0.1) is 0 Å². The van der Waals surface area contributed by atoms with Crippen LogP contribution in [-0.4, -0.2) is 42.8 Å². The van der Waals surface area contributed by atoms with E-state index in [1.165, 1.54) is 11.1 Å². The van der Waals surface area contributed by atoms with Gasteiger partial charge >= 0.3 is 0 Å². The topological polar surface area (TPSA) is 80.4 Å². The van der Waals surface area contributed by atoms with Gasteiger partial charge in [-0.2, -0.15) is 5.10 Å². The van der Waals surface area contributed by atoms with E-state index in [0.29, 0.717) is 6.54 Å². The normalized spacial score (nSPS) is 16.5. The Morgan fingerprint density at radius 1 is 1.08 bits per heavy atom. The van der Waals surface area contributed by atoms with Gasteiger partial charge in [-0.25, -0.2) is 0 Å². The molecule has 36 heavy (non-hydrogen) atoms. The van der Waals surface area contributed by atoms with Crippen LogP contribution in [-0.2, 0) is 13.0 Å². The van der Waals surface area contributed by atoms with Crippen molar-refractivity contribution in [3.05, 3.63) is 93.5 Å². The third kappa shape index (κ3) is 3.79. The number of carbonyl (C=O) groups is 1. The highest BCUT2D eigenvalue weighted by molar-refractivity contribution is 5.96. The Morgan fingerprint density at radius 3 is 2.50 bits per heavy atom. The number of rotatable bonds is 6. The molecule has 0 saturated heterocycles. The molecule has 2 aromatic heterocycles. The smallest absolute Gasteiger partial charge is 0.276 e. The lowest BCUT2D eigenvalue weighted by Crippen LogP contribution is -2.49. The van der Waals surface area contributed by atoms with E-state index in [9.17, 15) is 14.7 Å². The molecule has 1 aliphatic heterocycles. The molecular weight excluding hydrogens is 452 g/mol. The monoisotopic (exact) mass is 484 g/mol. The number of aryl methyl sites for hydroxylation is 2. The first-order valence-corrected chi connectivity index (χ1v) is 12.6. The summed E-state index contributed by atoms with van der Waals surface area (Å²) in [4.78, 5) is 27.4. The van der Waals surface area contributed by atoms with E-state index >= 15 is 0 Å². The van der Waals surface area contributed by atoms with E-state index in [1.807, 2.05) is 32.0 Å². The van der Waals surface area contributed by atoms with Crippen molar-refractivity contribution in [2.75, 3.05) is 6.54 Å². The third-order valence-electron chi connectivity index (χ3n) is 7.38. The van der Waals surface area contributed by atoms with E-state index in [-0.39, 0.29) is 29.6 Å². The average molecular weight is 485 g/mol. The van der Waals surface area contributed by atoms with Crippen molar-refractivity contribution in [2.24, 2.45) is 0 Å². The highest BCUT2D eigenvalue weighted by atomic mass is 16.3. The van der Waals surface area contributed by atoms with Crippen molar-refractivity contribution in [1.29, 1.82) is 0 Å². The molecule has 5 rings (SSSR count). The molecule has 2 atom stereocenters. The SMILES string of the molecule is CCc1ccc2c(C(c3ccccc3)C3CN(C(C)C)C(=O)c4c(O)c(=O)cnn43)cn(CC)c2c1. The largest absolute Gasteiger partial charge is 0.502 e. The molecule has 2 aromatic carbocycles. The van der Waals surface area contributed by atoms with Gasteiger partial charge in [0, 0.05) is 42.1 Å². The molecule has 4 aromatic rings. The number of aromatic hydroxyl groups is 1. The second-order valence-corrected chi connectivity index (χ2v) is 9.73. The summed E-state index contributed by atoms with van der Waals surface area (Å²) < 4.78 is 3.84. The van der Waals surface area contributed by atoms with Gasteiger partial charge in [0.2, 0.25) is 5.43 Å². The van der Waals surface area contributed by atoms with Crippen LogP contribution >= 0.6 is 0 Å². The number of hydrogen-bond acceptors (Lipinski definition) is 4. The zero-order valence-corrected chi connectivity index (χ0v) is 21.2. The van der Waals surface area contributed by atoms with E-state index in [2.05, 4.69) is 60.0 Å². The Bertz CT molecular complexity index is 1490. The molecule has 1 aliphatic rings. The van der Waals surface area contributed by atoms with Crippen molar-refractivity contribution in [2.45, 2.75) is 58.7 Å². The van der Waals surface area contributed by atoms with Crippen LogP contribution in [0.15, 0.2) is 65.7 Å². The van der Waals surface area contributed by atoms with Crippen molar-refractivity contribution in [3.63, 3.8) is 0 Å². The zero-order valence-electron chi connectivity index (χ0n) is 21.2. The fraction of sp³-hybridized carbons (Fsp3) is 0.345. The molecule has 7 heteroatoms. The first kappa shape index (κ1) is 23.9. The zero-order chi connectivity index (χ0) is 25.6. The molecule has 0 bridgehead atoms. The van der Waals surface area contributed by atoms with Gasteiger partial charge in [-0.1, -0.05) is 49.4 Å². The molecule has 186 valence electrons. The van der Waals surface area contributed by atoms with Crippen LogP contribution in [0.2, 0.25) is 0 Å². The fourth-order valence-corrected chi connectivity index (χ4v) is 5.46. The first-order valence-electron chi connectivity index (χ1n) is 12.6. The number of nitrogens with zero attached hydrogens (tertiary/aromatic N) is 4. The van der Waals surface area contributed by atoms with Gasteiger partial charge in [0.05, 0.1) is 12.2 Å². The van der Waals surface area contributed by atoms with E-state index < -0.39 is 11.2 Å². The van der Waals surface area contributed by atoms with Gasteiger partial charge in [-0.3, -0.25) is 14.3 Å². The minimum atomic E-state index is -0.648. The van der Waals surface area contributed by atoms with Crippen LogP contribution in [0.25, 0.3) is 10.9 Å². The van der Waals surface area contributed by atoms with Crippen molar-refractivity contribution in [3.8, 4) is 5.75 Å². The van der Waals surface area contributed by atoms with E-state index in [4.69, 9.17) is 0 Å². The molecule has 0 aliphatic carbocycles.